The van der Waals surface area contributed by atoms with Gasteiger partial charge in [-0.1, -0.05) is 31.5 Å². The van der Waals surface area contributed by atoms with Crippen molar-refractivity contribution in [3.05, 3.63) is 46.7 Å². The van der Waals surface area contributed by atoms with Crippen LogP contribution in [0.1, 0.15) is 24.3 Å². The predicted octanol–water partition coefficient (Wildman–Crippen LogP) is 4.47. The SMILES string of the molecule is CC.Nc1c(F)c(-c2ccc3cc[nH]c3c2F)nc(C(=O)O)c1Cl. The molecule has 0 fully saturated rings. The number of halogens is 3. The van der Waals surface area contributed by atoms with Crippen LogP contribution in [0.15, 0.2) is 24.4 Å². The first-order valence-electron chi connectivity index (χ1n) is 7.05. The third-order valence-electron chi connectivity index (χ3n) is 3.23. The molecule has 0 unspecified atom stereocenters. The molecule has 8 heteroatoms. The Labute approximate surface area is 141 Å². The first kappa shape index (κ1) is 17.7. The number of carboxylic acid groups (broad SMARTS) is 1. The van der Waals surface area contributed by atoms with E-state index in [-0.39, 0.29) is 11.1 Å². The maximum absolute atomic E-state index is 14.5. The standard InChI is InChI=1S/C14H8ClF2N3O2.C2H6/c15-7-10(18)9(17)12(20-13(7)14(21)22)6-2-1-5-3-4-19-11(5)8(6)16;1-2/h1-4,19H,(H2,18,20)(H,21,22);1-2H3. The number of nitrogen functional groups attached to an aromatic ring is 1. The topological polar surface area (TPSA) is 92.0 Å². The normalized spacial score (nSPS) is 10.4. The molecule has 0 aliphatic rings. The van der Waals surface area contributed by atoms with Crippen molar-refractivity contribution in [2.45, 2.75) is 13.8 Å². The molecule has 0 amide bonds. The Morgan fingerprint density at radius 3 is 2.54 bits per heavy atom. The quantitative estimate of drug-likeness (QED) is 0.633. The van der Waals surface area contributed by atoms with Crippen molar-refractivity contribution in [1.29, 1.82) is 0 Å². The number of aromatic carboxylic acids is 1. The molecule has 4 N–H and O–H groups in total. The Morgan fingerprint density at radius 2 is 1.92 bits per heavy atom. The second kappa shape index (κ2) is 6.84. The van der Waals surface area contributed by atoms with Crippen LogP contribution in [0.5, 0.6) is 0 Å². The van der Waals surface area contributed by atoms with Crippen molar-refractivity contribution in [2.75, 3.05) is 5.73 Å². The van der Waals surface area contributed by atoms with Crippen molar-refractivity contribution in [3.63, 3.8) is 0 Å². The van der Waals surface area contributed by atoms with Gasteiger partial charge in [0.1, 0.15) is 5.69 Å². The van der Waals surface area contributed by atoms with Gasteiger partial charge in [0.25, 0.3) is 0 Å². The molecule has 24 heavy (non-hydrogen) atoms. The summed E-state index contributed by atoms with van der Waals surface area (Å²) in [6.45, 7) is 4.00. The minimum absolute atomic E-state index is 0.157. The molecule has 0 atom stereocenters. The lowest BCUT2D eigenvalue weighted by molar-refractivity contribution is 0.0691. The largest absolute Gasteiger partial charge is 0.476 e. The number of aromatic nitrogens is 2. The third-order valence-corrected chi connectivity index (χ3v) is 3.62. The molecule has 126 valence electrons. The number of benzene rings is 1. The van der Waals surface area contributed by atoms with Crippen molar-refractivity contribution >= 4 is 34.2 Å². The summed E-state index contributed by atoms with van der Waals surface area (Å²) in [7, 11) is 0. The van der Waals surface area contributed by atoms with E-state index in [1.54, 1.807) is 12.1 Å². The van der Waals surface area contributed by atoms with Gasteiger partial charge in [-0.05, 0) is 12.1 Å². The fraction of sp³-hybridized carbons (Fsp3) is 0.125. The zero-order valence-corrected chi connectivity index (χ0v) is 13.6. The van der Waals surface area contributed by atoms with Crippen molar-refractivity contribution < 1.29 is 18.7 Å². The smallest absolute Gasteiger partial charge is 0.356 e. The van der Waals surface area contributed by atoms with Crippen LogP contribution in [0, 0.1) is 11.6 Å². The lowest BCUT2D eigenvalue weighted by atomic mass is 10.1. The molecule has 0 radical (unpaired) electrons. The lowest BCUT2D eigenvalue weighted by Crippen LogP contribution is -2.08. The summed E-state index contributed by atoms with van der Waals surface area (Å²) < 4.78 is 28.7. The first-order chi connectivity index (χ1) is 11.4. The minimum atomic E-state index is -1.49. The molecule has 0 saturated carbocycles. The second-order valence-electron chi connectivity index (χ2n) is 4.52. The van der Waals surface area contributed by atoms with Gasteiger partial charge in [0.2, 0.25) is 0 Å². The van der Waals surface area contributed by atoms with E-state index in [1.165, 1.54) is 12.3 Å². The summed E-state index contributed by atoms with van der Waals surface area (Å²) in [6, 6.07) is 4.50. The monoisotopic (exact) mass is 353 g/mol. The molecular weight excluding hydrogens is 340 g/mol. The number of H-pyrrole nitrogens is 1. The van der Waals surface area contributed by atoms with Gasteiger partial charge in [-0.15, -0.1) is 0 Å². The Bertz CT molecular complexity index is 925. The summed E-state index contributed by atoms with van der Waals surface area (Å²) in [5.74, 6) is -3.31. The minimum Gasteiger partial charge on any atom is -0.476 e. The fourth-order valence-electron chi connectivity index (χ4n) is 2.16. The number of rotatable bonds is 2. The summed E-state index contributed by atoms with van der Waals surface area (Å²) in [6.07, 6.45) is 1.53. The van der Waals surface area contributed by atoms with Crippen LogP contribution in [0.3, 0.4) is 0 Å². The number of hydrogen-bond acceptors (Lipinski definition) is 3. The molecule has 1 aromatic carbocycles. The number of hydrogen-bond donors (Lipinski definition) is 3. The first-order valence-corrected chi connectivity index (χ1v) is 7.43. The summed E-state index contributed by atoms with van der Waals surface area (Å²) >= 11 is 5.66. The van der Waals surface area contributed by atoms with E-state index in [0.717, 1.165) is 0 Å². The third kappa shape index (κ3) is 2.78. The molecular formula is C16H14ClF2N3O2. The van der Waals surface area contributed by atoms with E-state index in [9.17, 15) is 13.6 Å². The number of carbonyl (C=O) groups is 1. The molecule has 3 aromatic rings. The van der Waals surface area contributed by atoms with E-state index >= 15 is 0 Å². The maximum atomic E-state index is 14.5. The van der Waals surface area contributed by atoms with Gasteiger partial charge in [-0.25, -0.2) is 18.6 Å². The number of pyridine rings is 1. The van der Waals surface area contributed by atoms with Crippen LogP contribution in [-0.4, -0.2) is 21.0 Å². The molecule has 0 aliphatic carbocycles. The summed E-state index contributed by atoms with van der Waals surface area (Å²) in [4.78, 5) is 17.4. The Morgan fingerprint density at radius 1 is 1.25 bits per heavy atom. The Hall–Kier alpha value is -2.67. The second-order valence-corrected chi connectivity index (χ2v) is 4.90. The zero-order valence-electron chi connectivity index (χ0n) is 12.8. The highest BCUT2D eigenvalue weighted by Gasteiger charge is 2.24. The van der Waals surface area contributed by atoms with E-state index in [4.69, 9.17) is 22.4 Å². The van der Waals surface area contributed by atoms with Gasteiger partial charge in [-0.3, -0.25) is 0 Å². The highest BCUT2D eigenvalue weighted by Crippen LogP contribution is 2.34. The molecule has 3 rings (SSSR count). The molecule has 2 heterocycles. The van der Waals surface area contributed by atoms with Gasteiger partial charge in [0.15, 0.2) is 17.3 Å². The number of anilines is 1. The lowest BCUT2D eigenvalue weighted by Gasteiger charge is -2.10. The summed E-state index contributed by atoms with van der Waals surface area (Å²) in [5.41, 5.74) is 3.68. The maximum Gasteiger partial charge on any atom is 0.356 e. The van der Waals surface area contributed by atoms with Gasteiger partial charge < -0.3 is 15.8 Å². The Balaban J connectivity index is 0.00000100. The average Bonchev–Trinajstić information content (AvgIpc) is 3.05. The van der Waals surface area contributed by atoms with Crippen molar-refractivity contribution in [2.24, 2.45) is 0 Å². The molecule has 5 nitrogen and oxygen atoms in total. The number of aromatic amines is 1. The van der Waals surface area contributed by atoms with Crippen LogP contribution >= 0.6 is 11.6 Å². The molecule has 0 saturated heterocycles. The number of nitrogens with one attached hydrogen (secondary N) is 1. The number of carboxylic acids is 1. The van der Waals surface area contributed by atoms with Crippen LogP contribution in [0.2, 0.25) is 5.02 Å². The van der Waals surface area contributed by atoms with Crippen molar-refractivity contribution in [1.82, 2.24) is 9.97 Å². The van der Waals surface area contributed by atoms with Gasteiger partial charge >= 0.3 is 5.97 Å². The Kier molecular flexibility index (Phi) is 5.04. The van der Waals surface area contributed by atoms with E-state index in [2.05, 4.69) is 9.97 Å². The highest BCUT2D eigenvalue weighted by atomic mass is 35.5. The molecule has 0 spiro atoms. The van der Waals surface area contributed by atoms with Gasteiger partial charge in [-0.2, -0.15) is 0 Å². The van der Waals surface area contributed by atoms with Crippen LogP contribution in [0.25, 0.3) is 22.2 Å². The average molecular weight is 354 g/mol. The molecule has 2 aromatic heterocycles. The number of fused-ring (bicyclic) bond motifs is 1. The predicted molar refractivity (Wildman–Crippen MR) is 89.2 cm³/mol. The van der Waals surface area contributed by atoms with Crippen molar-refractivity contribution in [3.8, 4) is 11.3 Å². The van der Waals surface area contributed by atoms with E-state index < -0.39 is 39.7 Å². The van der Waals surface area contributed by atoms with E-state index in [1.807, 2.05) is 13.8 Å². The summed E-state index contributed by atoms with van der Waals surface area (Å²) in [5, 5.41) is 9.10. The van der Waals surface area contributed by atoms with Gasteiger partial charge in [0, 0.05) is 17.1 Å². The highest BCUT2D eigenvalue weighted by molar-refractivity contribution is 6.35. The molecule has 0 aliphatic heterocycles. The van der Waals surface area contributed by atoms with Gasteiger partial charge in [0.05, 0.1) is 16.2 Å². The number of nitrogens with two attached hydrogens (primary N) is 1. The zero-order chi connectivity index (χ0) is 18.0. The van der Waals surface area contributed by atoms with Crippen LogP contribution < -0.4 is 5.73 Å². The van der Waals surface area contributed by atoms with E-state index in [0.29, 0.717) is 5.39 Å². The van der Waals surface area contributed by atoms with Crippen LogP contribution in [-0.2, 0) is 0 Å². The molecule has 0 bridgehead atoms. The number of nitrogens with zero attached hydrogens (tertiary/aromatic N) is 1. The van der Waals surface area contributed by atoms with Crippen LogP contribution in [0.4, 0.5) is 14.5 Å². The fourth-order valence-corrected chi connectivity index (χ4v) is 2.36.